The molecule has 4 rings (SSSR count). The molecule has 0 bridgehead atoms. The van der Waals surface area contributed by atoms with Crippen LogP contribution in [-0.4, -0.2) is 32.8 Å². The third-order valence-corrected chi connectivity index (χ3v) is 4.32. The molecule has 0 spiro atoms. The van der Waals surface area contributed by atoms with Gasteiger partial charge >= 0.3 is 0 Å². The summed E-state index contributed by atoms with van der Waals surface area (Å²) < 4.78 is 1.92. The molecule has 2 aromatic heterocycles. The van der Waals surface area contributed by atoms with Gasteiger partial charge in [0.25, 0.3) is 0 Å². The lowest BCUT2D eigenvalue weighted by atomic mass is 10.0. The van der Waals surface area contributed by atoms with Gasteiger partial charge in [-0.25, -0.2) is 9.97 Å². The van der Waals surface area contributed by atoms with Crippen molar-refractivity contribution in [1.29, 1.82) is 0 Å². The Morgan fingerprint density at radius 1 is 1.29 bits per heavy atom. The Balaban J connectivity index is 1.40. The molecule has 1 aliphatic heterocycles. The maximum absolute atomic E-state index is 5.89. The van der Waals surface area contributed by atoms with E-state index in [1.807, 2.05) is 10.9 Å². The minimum atomic E-state index is 0.604. The molecular formula is C15H18ClN5. The second kappa shape index (κ2) is 4.98. The Labute approximate surface area is 129 Å². The summed E-state index contributed by atoms with van der Waals surface area (Å²) in [5.41, 5.74) is 1.07. The SMILES string of the molecule is Cc1cc(N2CC(Cn3cc(Cl)cn3)C2)nc(C2CC2)n1. The fourth-order valence-corrected chi connectivity index (χ4v) is 2.99. The number of hydrogen-bond donors (Lipinski definition) is 0. The number of anilines is 1. The highest BCUT2D eigenvalue weighted by Crippen LogP contribution is 2.39. The predicted molar refractivity (Wildman–Crippen MR) is 81.7 cm³/mol. The first kappa shape index (κ1) is 13.1. The van der Waals surface area contributed by atoms with Gasteiger partial charge in [0.15, 0.2) is 0 Å². The van der Waals surface area contributed by atoms with Crippen LogP contribution in [0.3, 0.4) is 0 Å². The highest BCUT2D eigenvalue weighted by molar-refractivity contribution is 6.30. The number of halogens is 1. The van der Waals surface area contributed by atoms with Crippen LogP contribution in [0.15, 0.2) is 18.5 Å². The number of nitrogens with zero attached hydrogens (tertiary/aromatic N) is 5. The Hall–Kier alpha value is -1.62. The predicted octanol–water partition coefficient (Wildman–Crippen LogP) is 2.65. The normalized spacial score (nSPS) is 18.9. The van der Waals surface area contributed by atoms with Crippen molar-refractivity contribution in [3.8, 4) is 0 Å². The molecule has 0 unspecified atom stereocenters. The zero-order valence-corrected chi connectivity index (χ0v) is 12.8. The fourth-order valence-electron chi connectivity index (χ4n) is 2.84. The van der Waals surface area contributed by atoms with Crippen molar-refractivity contribution in [2.75, 3.05) is 18.0 Å². The van der Waals surface area contributed by atoms with Crippen molar-refractivity contribution < 1.29 is 0 Å². The van der Waals surface area contributed by atoms with E-state index in [9.17, 15) is 0 Å². The van der Waals surface area contributed by atoms with Crippen molar-refractivity contribution in [2.24, 2.45) is 5.92 Å². The van der Waals surface area contributed by atoms with Crippen molar-refractivity contribution >= 4 is 17.4 Å². The van der Waals surface area contributed by atoms with E-state index >= 15 is 0 Å². The van der Waals surface area contributed by atoms with Gasteiger partial charge in [-0.1, -0.05) is 11.6 Å². The zero-order chi connectivity index (χ0) is 14.4. The van der Waals surface area contributed by atoms with Crippen LogP contribution in [-0.2, 0) is 6.54 Å². The smallest absolute Gasteiger partial charge is 0.134 e. The summed E-state index contributed by atoms with van der Waals surface area (Å²) in [6.07, 6.45) is 6.05. The van der Waals surface area contributed by atoms with E-state index in [1.54, 1.807) is 6.20 Å². The third kappa shape index (κ3) is 2.75. The second-order valence-corrected chi connectivity index (χ2v) is 6.59. The summed E-state index contributed by atoms with van der Waals surface area (Å²) in [6.45, 7) is 5.03. The standard InChI is InChI=1S/C15H18ClN5/c1-10-4-14(19-15(18-10)12-2-3-12)20-6-11(7-20)8-21-9-13(16)5-17-21/h4-5,9,11-12H,2-3,6-8H2,1H3. The molecule has 0 atom stereocenters. The van der Waals surface area contributed by atoms with Crippen LogP contribution in [0.5, 0.6) is 0 Å². The van der Waals surface area contributed by atoms with Crippen LogP contribution in [0.1, 0.15) is 30.3 Å². The molecule has 0 amide bonds. The number of hydrogen-bond acceptors (Lipinski definition) is 4. The fraction of sp³-hybridized carbons (Fsp3) is 0.533. The first-order valence-corrected chi connectivity index (χ1v) is 7.83. The zero-order valence-electron chi connectivity index (χ0n) is 12.0. The van der Waals surface area contributed by atoms with Gasteiger partial charge in [-0.05, 0) is 19.8 Å². The van der Waals surface area contributed by atoms with Crippen LogP contribution in [0, 0.1) is 12.8 Å². The molecule has 1 saturated heterocycles. The van der Waals surface area contributed by atoms with Crippen molar-refractivity contribution in [1.82, 2.24) is 19.7 Å². The molecule has 0 N–H and O–H groups in total. The molecule has 2 aliphatic rings. The largest absolute Gasteiger partial charge is 0.356 e. The van der Waals surface area contributed by atoms with E-state index < -0.39 is 0 Å². The summed E-state index contributed by atoms with van der Waals surface area (Å²) in [5.74, 6) is 3.33. The maximum Gasteiger partial charge on any atom is 0.134 e. The summed E-state index contributed by atoms with van der Waals surface area (Å²) in [6, 6.07) is 2.09. The Morgan fingerprint density at radius 2 is 2.10 bits per heavy atom. The summed E-state index contributed by atoms with van der Waals surface area (Å²) in [5, 5.41) is 4.94. The van der Waals surface area contributed by atoms with Crippen LogP contribution >= 0.6 is 11.6 Å². The molecule has 5 nitrogen and oxygen atoms in total. The molecule has 2 aromatic rings. The Bertz CT molecular complexity index is 658. The molecule has 0 radical (unpaired) electrons. The van der Waals surface area contributed by atoms with Gasteiger partial charge in [-0.3, -0.25) is 4.68 Å². The topological polar surface area (TPSA) is 46.8 Å². The van der Waals surface area contributed by atoms with E-state index in [0.29, 0.717) is 16.9 Å². The van der Waals surface area contributed by atoms with Crippen molar-refractivity contribution in [3.63, 3.8) is 0 Å². The van der Waals surface area contributed by atoms with Gasteiger partial charge in [0.2, 0.25) is 0 Å². The second-order valence-electron chi connectivity index (χ2n) is 6.15. The Morgan fingerprint density at radius 3 is 2.76 bits per heavy atom. The first-order chi connectivity index (χ1) is 10.2. The number of aromatic nitrogens is 4. The first-order valence-electron chi connectivity index (χ1n) is 7.46. The number of rotatable bonds is 4. The van der Waals surface area contributed by atoms with Gasteiger partial charge in [0.1, 0.15) is 11.6 Å². The van der Waals surface area contributed by atoms with Crippen LogP contribution in [0.2, 0.25) is 5.02 Å². The Kier molecular flexibility index (Phi) is 3.10. The average molecular weight is 304 g/mol. The van der Waals surface area contributed by atoms with E-state index in [1.165, 1.54) is 12.8 Å². The minimum Gasteiger partial charge on any atom is -0.356 e. The molecule has 21 heavy (non-hydrogen) atoms. The highest BCUT2D eigenvalue weighted by Gasteiger charge is 2.31. The molecule has 3 heterocycles. The summed E-state index contributed by atoms with van der Waals surface area (Å²) in [4.78, 5) is 11.6. The molecular weight excluding hydrogens is 286 g/mol. The van der Waals surface area contributed by atoms with Gasteiger partial charge in [0, 0.05) is 49.4 Å². The van der Waals surface area contributed by atoms with Gasteiger partial charge < -0.3 is 4.90 Å². The van der Waals surface area contributed by atoms with E-state index in [2.05, 4.69) is 28.0 Å². The van der Waals surface area contributed by atoms with E-state index in [0.717, 1.165) is 37.0 Å². The molecule has 1 aliphatic carbocycles. The lowest BCUT2D eigenvalue weighted by molar-refractivity contribution is 0.340. The van der Waals surface area contributed by atoms with Crippen molar-refractivity contribution in [3.05, 3.63) is 35.0 Å². The third-order valence-electron chi connectivity index (χ3n) is 4.13. The van der Waals surface area contributed by atoms with Crippen molar-refractivity contribution in [2.45, 2.75) is 32.2 Å². The molecule has 110 valence electrons. The molecule has 2 fully saturated rings. The van der Waals surface area contributed by atoms with Crippen LogP contribution < -0.4 is 4.90 Å². The van der Waals surface area contributed by atoms with E-state index in [-0.39, 0.29) is 0 Å². The highest BCUT2D eigenvalue weighted by atomic mass is 35.5. The van der Waals surface area contributed by atoms with Crippen LogP contribution in [0.25, 0.3) is 0 Å². The van der Waals surface area contributed by atoms with Gasteiger partial charge in [-0.2, -0.15) is 5.10 Å². The number of aryl methyl sites for hydroxylation is 1. The molecule has 6 heteroatoms. The quantitative estimate of drug-likeness (QED) is 0.871. The summed E-state index contributed by atoms with van der Waals surface area (Å²) in [7, 11) is 0. The average Bonchev–Trinajstić information content (AvgIpc) is 3.17. The summed E-state index contributed by atoms with van der Waals surface area (Å²) >= 11 is 5.89. The minimum absolute atomic E-state index is 0.604. The lowest BCUT2D eigenvalue weighted by Gasteiger charge is -2.40. The van der Waals surface area contributed by atoms with Gasteiger partial charge in [0.05, 0.1) is 11.2 Å². The molecule has 0 aromatic carbocycles. The van der Waals surface area contributed by atoms with Crippen LogP contribution in [0.4, 0.5) is 5.82 Å². The van der Waals surface area contributed by atoms with E-state index in [4.69, 9.17) is 16.6 Å². The molecule has 1 saturated carbocycles. The maximum atomic E-state index is 5.89. The lowest BCUT2D eigenvalue weighted by Crippen LogP contribution is -2.49. The van der Waals surface area contributed by atoms with Gasteiger partial charge in [-0.15, -0.1) is 0 Å². The monoisotopic (exact) mass is 303 g/mol.